The minimum Gasteiger partial charge on any atom is -0.497 e. The zero-order valence-electron chi connectivity index (χ0n) is 17.1. The number of hydrogen-bond donors (Lipinski definition) is 1. The van der Waals surface area contributed by atoms with Gasteiger partial charge < -0.3 is 10.1 Å². The van der Waals surface area contributed by atoms with Crippen LogP contribution in [0.4, 0.5) is 24.5 Å². The predicted molar refractivity (Wildman–Crippen MR) is 119 cm³/mol. The van der Waals surface area contributed by atoms with E-state index in [-0.39, 0.29) is 9.92 Å². The van der Waals surface area contributed by atoms with Crippen LogP contribution in [0.15, 0.2) is 77.7 Å². The summed E-state index contributed by atoms with van der Waals surface area (Å²) in [5, 5.41) is 2.25. The molecule has 3 aromatic carbocycles. The maximum absolute atomic E-state index is 13.3. The fraction of sp³-hybridized carbons (Fsp3) is 0.136. The second-order valence-electron chi connectivity index (χ2n) is 6.77. The lowest BCUT2D eigenvalue weighted by atomic mass is 10.2. The van der Waals surface area contributed by atoms with Crippen LogP contribution in [0.3, 0.4) is 0 Å². The van der Waals surface area contributed by atoms with Crippen molar-refractivity contribution in [3.63, 3.8) is 0 Å². The molecule has 0 unspecified atom stereocenters. The van der Waals surface area contributed by atoms with Crippen LogP contribution in [0.2, 0.25) is 5.02 Å². The Labute approximate surface area is 193 Å². The molecule has 0 aromatic heterocycles. The number of anilines is 2. The number of halogens is 4. The molecule has 0 saturated heterocycles. The van der Waals surface area contributed by atoms with Gasteiger partial charge in [-0.3, -0.25) is 9.10 Å². The summed E-state index contributed by atoms with van der Waals surface area (Å²) in [6.07, 6.45) is -4.74. The molecular formula is C22H18ClF3N2O4S. The van der Waals surface area contributed by atoms with Gasteiger partial charge in [-0.2, -0.15) is 13.2 Å². The van der Waals surface area contributed by atoms with Gasteiger partial charge in [-0.25, -0.2) is 8.42 Å². The Morgan fingerprint density at radius 3 is 2.24 bits per heavy atom. The highest BCUT2D eigenvalue weighted by Crippen LogP contribution is 2.37. The van der Waals surface area contributed by atoms with Gasteiger partial charge in [0.25, 0.3) is 10.0 Å². The Morgan fingerprint density at radius 1 is 1.03 bits per heavy atom. The first-order chi connectivity index (χ1) is 15.5. The summed E-state index contributed by atoms with van der Waals surface area (Å²) in [5.41, 5.74) is -1.24. The summed E-state index contributed by atoms with van der Waals surface area (Å²) in [6.45, 7) is -0.815. The molecule has 0 aliphatic heterocycles. The third-order valence-electron chi connectivity index (χ3n) is 4.53. The second kappa shape index (κ2) is 9.72. The Hall–Kier alpha value is -3.24. The lowest BCUT2D eigenvalue weighted by molar-refractivity contribution is -0.137. The number of ether oxygens (including phenoxy) is 1. The van der Waals surface area contributed by atoms with Crippen molar-refractivity contribution in [2.75, 3.05) is 23.3 Å². The maximum atomic E-state index is 13.3. The Kier molecular flexibility index (Phi) is 7.19. The number of hydrogen-bond acceptors (Lipinski definition) is 4. The smallest absolute Gasteiger partial charge is 0.416 e. The van der Waals surface area contributed by atoms with Gasteiger partial charge in [0, 0.05) is 5.69 Å². The topological polar surface area (TPSA) is 75.7 Å². The second-order valence-corrected chi connectivity index (χ2v) is 9.03. The number of carbonyl (C=O) groups is 1. The van der Waals surface area contributed by atoms with Crippen molar-refractivity contribution in [2.24, 2.45) is 0 Å². The maximum Gasteiger partial charge on any atom is 0.416 e. The molecule has 174 valence electrons. The van der Waals surface area contributed by atoms with Crippen molar-refractivity contribution < 1.29 is 31.1 Å². The van der Waals surface area contributed by atoms with Crippen molar-refractivity contribution in [3.8, 4) is 5.75 Å². The van der Waals surface area contributed by atoms with E-state index in [1.807, 2.05) is 0 Å². The van der Waals surface area contributed by atoms with E-state index in [1.165, 1.54) is 43.5 Å². The lowest BCUT2D eigenvalue weighted by Gasteiger charge is -2.26. The number of benzene rings is 3. The molecule has 0 spiro atoms. The number of alkyl halides is 3. The molecule has 0 aliphatic rings. The number of sulfonamides is 1. The summed E-state index contributed by atoms with van der Waals surface area (Å²) < 4.78 is 72.1. The number of rotatable bonds is 7. The fourth-order valence-corrected chi connectivity index (χ4v) is 4.63. The molecule has 0 bridgehead atoms. The van der Waals surface area contributed by atoms with Crippen LogP contribution in [0.5, 0.6) is 5.75 Å². The third kappa shape index (κ3) is 5.77. The van der Waals surface area contributed by atoms with E-state index in [9.17, 15) is 26.4 Å². The highest BCUT2D eigenvalue weighted by molar-refractivity contribution is 7.92. The van der Waals surface area contributed by atoms with Crippen LogP contribution in [-0.2, 0) is 21.0 Å². The molecule has 3 rings (SSSR count). The van der Waals surface area contributed by atoms with Gasteiger partial charge >= 0.3 is 6.18 Å². The Bertz CT molecular complexity index is 1230. The zero-order valence-corrected chi connectivity index (χ0v) is 18.7. The summed E-state index contributed by atoms with van der Waals surface area (Å²) >= 11 is 6.09. The molecule has 0 heterocycles. The molecule has 0 radical (unpaired) electrons. The van der Waals surface area contributed by atoms with Crippen LogP contribution in [0, 0.1) is 0 Å². The van der Waals surface area contributed by atoms with Crippen molar-refractivity contribution in [2.45, 2.75) is 11.1 Å². The first-order valence-corrected chi connectivity index (χ1v) is 11.2. The van der Waals surface area contributed by atoms with E-state index in [0.29, 0.717) is 21.8 Å². The summed E-state index contributed by atoms with van der Waals surface area (Å²) in [5.74, 6) is -0.245. The highest BCUT2D eigenvalue weighted by Gasteiger charge is 2.34. The van der Waals surface area contributed by atoms with Crippen LogP contribution < -0.4 is 14.4 Å². The first kappa shape index (κ1) is 24.4. The molecule has 0 fully saturated rings. The third-order valence-corrected chi connectivity index (χ3v) is 6.63. The average molecular weight is 499 g/mol. The minimum absolute atomic E-state index is 0.212. The van der Waals surface area contributed by atoms with Gasteiger partial charge in [0.05, 0.1) is 28.3 Å². The van der Waals surface area contributed by atoms with E-state index in [1.54, 1.807) is 18.2 Å². The molecule has 3 aromatic rings. The monoisotopic (exact) mass is 498 g/mol. The van der Waals surface area contributed by atoms with Gasteiger partial charge in [-0.15, -0.1) is 0 Å². The number of nitrogens with one attached hydrogen (secondary N) is 1. The molecule has 1 amide bonds. The molecule has 0 aliphatic carbocycles. The van der Waals surface area contributed by atoms with Crippen molar-refractivity contribution >= 4 is 38.9 Å². The number of nitrogens with zero attached hydrogens (tertiary/aromatic N) is 1. The zero-order chi connectivity index (χ0) is 24.2. The lowest BCUT2D eigenvalue weighted by Crippen LogP contribution is -2.38. The van der Waals surface area contributed by atoms with Crippen molar-refractivity contribution in [1.29, 1.82) is 0 Å². The van der Waals surface area contributed by atoms with Crippen molar-refractivity contribution in [1.82, 2.24) is 0 Å². The van der Waals surface area contributed by atoms with E-state index in [0.717, 1.165) is 12.1 Å². The van der Waals surface area contributed by atoms with Crippen LogP contribution in [0.25, 0.3) is 0 Å². The van der Waals surface area contributed by atoms with Gasteiger partial charge in [0.1, 0.15) is 12.3 Å². The van der Waals surface area contributed by atoms with Crippen molar-refractivity contribution in [3.05, 3.63) is 83.4 Å². The van der Waals surface area contributed by atoms with E-state index >= 15 is 0 Å². The normalized spacial score (nSPS) is 11.7. The molecule has 0 atom stereocenters. The SMILES string of the molecule is COc1ccc(NC(=O)CN(c2cc(C(F)(F)F)ccc2Cl)S(=O)(=O)c2ccccc2)cc1. The van der Waals surface area contributed by atoms with Gasteiger partial charge in [-0.05, 0) is 54.6 Å². The van der Waals surface area contributed by atoms with Gasteiger partial charge in [0.2, 0.25) is 5.91 Å². The molecule has 1 N–H and O–H groups in total. The Balaban J connectivity index is 2.02. The first-order valence-electron chi connectivity index (χ1n) is 9.41. The molecule has 11 heteroatoms. The standard InChI is InChI=1S/C22H18ClF3N2O4S/c1-32-17-10-8-16(9-11-17)27-21(29)14-28(33(30,31)18-5-3-2-4-6-18)20-13-15(22(24,25)26)7-12-19(20)23/h2-13H,14H2,1H3,(H,27,29). The highest BCUT2D eigenvalue weighted by atomic mass is 35.5. The van der Waals surface area contributed by atoms with E-state index < -0.39 is 39.9 Å². The van der Waals surface area contributed by atoms with Gasteiger partial charge in [0.15, 0.2) is 0 Å². The fourth-order valence-electron chi connectivity index (χ4n) is 2.90. The summed E-state index contributed by atoms with van der Waals surface area (Å²) in [4.78, 5) is 12.5. The quantitative estimate of drug-likeness (QED) is 0.486. The Morgan fingerprint density at radius 2 is 1.67 bits per heavy atom. The number of amides is 1. The average Bonchev–Trinajstić information content (AvgIpc) is 2.78. The van der Waals surface area contributed by atoms with E-state index in [4.69, 9.17) is 16.3 Å². The predicted octanol–water partition coefficient (Wildman–Crippen LogP) is 5.20. The van der Waals surface area contributed by atoms with Crippen LogP contribution in [0.1, 0.15) is 5.56 Å². The molecule has 0 saturated carbocycles. The largest absolute Gasteiger partial charge is 0.497 e. The van der Waals surface area contributed by atoms with Crippen LogP contribution in [-0.4, -0.2) is 28.0 Å². The number of carbonyl (C=O) groups excluding carboxylic acids is 1. The summed E-state index contributed by atoms with van der Waals surface area (Å²) in [7, 11) is -2.97. The minimum atomic E-state index is -4.74. The van der Waals surface area contributed by atoms with Gasteiger partial charge in [-0.1, -0.05) is 29.8 Å². The van der Waals surface area contributed by atoms with E-state index in [2.05, 4.69) is 5.32 Å². The number of methoxy groups -OCH3 is 1. The summed E-state index contributed by atoms with van der Waals surface area (Å²) in [6, 6.07) is 15.5. The van der Waals surface area contributed by atoms with Crippen LogP contribution >= 0.6 is 11.6 Å². The molecule has 6 nitrogen and oxygen atoms in total. The molecular weight excluding hydrogens is 481 g/mol. The molecule has 33 heavy (non-hydrogen) atoms.